The molecule has 3 saturated carbocycles. The molecule has 0 spiro atoms. The van der Waals surface area contributed by atoms with Gasteiger partial charge in [-0.05, 0) is 49.4 Å². The van der Waals surface area contributed by atoms with Crippen molar-refractivity contribution in [1.29, 1.82) is 0 Å². The minimum atomic E-state index is -1.57. The van der Waals surface area contributed by atoms with Crippen LogP contribution < -0.4 is 0 Å². The third kappa shape index (κ3) is 2.26. The van der Waals surface area contributed by atoms with Crippen LogP contribution in [0.25, 0.3) is 0 Å². The van der Waals surface area contributed by atoms with Gasteiger partial charge >= 0.3 is 0 Å². The minimum absolute atomic E-state index is 0.0161. The van der Waals surface area contributed by atoms with Gasteiger partial charge in [0, 0.05) is 0 Å². The molecular weight excluding hydrogens is 642 g/mol. The summed E-state index contributed by atoms with van der Waals surface area (Å²) in [6.45, 7) is 0. The summed E-state index contributed by atoms with van der Waals surface area (Å²) in [6.07, 6.45) is 2.37. The van der Waals surface area contributed by atoms with Crippen LogP contribution >= 0.6 is 139 Å². The molecule has 0 heterocycles. The number of halogens is 12. The SMILES string of the molecule is ClC1=C(Cl)[C@@]2(Cl)C[C@@H]([C@@H]3CC[C@@H]4[C@H](C3)[C@@]3(Cl)C(Cl)=C(Cl)[C@@]4(Cl)C3(Cl)Cl)[C@@]1(Cl)C2(Cl)Cl. The van der Waals surface area contributed by atoms with Crippen molar-refractivity contribution >= 4 is 139 Å². The number of fused-ring (bicyclic) bond motifs is 7. The molecule has 0 amide bonds. The molecule has 0 nitrogen and oxygen atoms in total. The Morgan fingerprint density at radius 2 is 1.00 bits per heavy atom. The lowest BCUT2D eigenvalue weighted by Crippen LogP contribution is -2.48. The van der Waals surface area contributed by atoms with Crippen LogP contribution in [0.2, 0.25) is 0 Å². The molecule has 5 aliphatic rings. The van der Waals surface area contributed by atoms with E-state index in [4.69, 9.17) is 139 Å². The van der Waals surface area contributed by atoms with E-state index in [1.54, 1.807) is 0 Å². The highest BCUT2D eigenvalue weighted by molar-refractivity contribution is 6.66. The zero-order chi connectivity index (χ0) is 22.4. The number of alkyl halides is 8. The van der Waals surface area contributed by atoms with E-state index in [1.807, 2.05) is 0 Å². The molecule has 30 heavy (non-hydrogen) atoms. The quantitative estimate of drug-likeness (QED) is 0.247. The maximum absolute atomic E-state index is 7.03. The van der Waals surface area contributed by atoms with Crippen molar-refractivity contribution in [2.45, 2.75) is 53.8 Å². The second-order valence-electron chi connectivity index (χ2n) is 8.94. The summed E-state index contributed by atoms with van der Waals surface area (Å²) in [5.41, 5.74) is 0. The lowest BCUT2D eigenvalue weighted by molar-refractivity contribution is 0.126. The second-order valence-corrected chi connectivity index (χ2v) is 15.5. The minimum Gasteiger partial charge on any atom is -0.110 e. The van der Waals surface area contributed by atoms with Gasteiger partial charge in [0.25, 0.3) is 0 Å². The fourth-order valence-electron chi connectivity index (χ4n) is 6.58. The van der Waals surface area contributed by atoms with E-state index in [0.29, 0.717) is 19.3 Å². The molecule has 0 aromatic rings. The van der Waals surface area contributed by atoms with Crippen molar-refractivity contribution in [3.8, 4) is 0 Å². The van der Waals surface area contributed by atoms with Gasteiger partial charge in [-0.2, -0.15) is 0 Å². The summed E-state index contributed by atoms with van der Waals surface area (Å²) < 4.78 is -3.13. The van der Waals surface area contributed by atoms with Gasteiger partial charge in [0.15, 0.2) is 8.67 Å². The van der Waals surface area contributed by atoms with Gasteiger partial charge in [0.1, 0.15) is 19.5 Å². The summed E-state index contributed by atoms with van der Waals surface area (Å²) in [4.78, 5) is -5.15. The topological polar surface area (TPSA) is 0 Å². The van der Waals surface area contributed by atoms with Crippen LogP contribution in [0.1, 0.15) is 25.7 Å². The first kappa shape index (κ1) is 24.6. The molecule has 8 atom stereocenters. The van der Waals surface area contributed by atoms with Crippen molar-refractivity contribution < 1.29 is 0 Å². The van der Waals surface area contributed by atoms with Crippen molar-refractivity contribution in [2.24, 2.45) is 23.7 Å². The largest absolute Gasteiger partial charge is 0.166 e. The van der Waals surface area contributed by atoms with E-state index < -0.39 is 28.2 Å². The Hall–Kier alpha value is 2.96. The molecule has 5 rings (SSSR count). The van der Waals surface area contributed by atoms with Crippen LogP contribution in [0.15, 0.2) is 20.1 Å². The lowest BCUT2D eigenvalue weighted by Gasteiger charge is -2.47. The zero-order valence-corrected chi connectivity index (χ0v) is 23.7. The Kier molecular flexibility index (Phi) is 5.61. The fourth-order valence-corrected chi connectivity index (χ4v) is 12.6. The smallest absolute Gasteiger partial charge is 0.110 e. The van der Waals surface area contributed by atoms with Gasteiger partial charge in [-0.3, -0.25) is 0 Å². The summed E-state index contributed by atoms with van der Waals surface area (Å²) in [7, 11) is 0. The maximum Gasteiger partial charge on any atom is 0.166 e. The molecule has 0 N–H and O–H groups in total. The maximum atomic E-state index is 7.03. The summed E-state index contributed by atoms with van der Waals surface area (Å²) in [5.74, 6) is -0.614. The lowest BCUT2D eigenvalue weighted by atomic mass is 9.64. The van der Waals surface area contributed by atoms with Crippen LogP contribution in [-0.4, -0.2) is 28.2 Å². The molecular formula is C18H12Cl12. The Morgan fingerprint density at radius 1 is 0.533 bits per heavy atom. The first-order valence-corrected chi connectivity index (χ1v) is 13.7. The number of hydrogen-bond donors (Lipinski definition) is 0. The van der Waals surface area contributed by atoms with Gasteiger partial charge in [-0.1, -0.05) is 92.8 Å². The van der Waals surface area contributed by atoms with Crippen molar-refractivity contribution in [3.05, 3.63) is 20.1 Å². The predicted molar refractivity (Wildman–Crippen MR) is 133 cm³/mol. The van der Waals surface area contributed by atoms with Gasteiger partial charge in [0.2, 0.25) is 0 Å². The van der Waals surface area contributed by atoms with Crippen molar-refractivity contribution in [1.82, 2.24) is 0 Å². The molecule has 0 aliphatic heterocycles. The normalized spacial score (nSPS) is 55.6. The van der Waals surface area contributed by atoms with Crippen LogP contribution in [0.4, 0.5) is 0 Å². The molecule has 4 bridgehead atoms. The third-order valence-electron chi connectivity index (χ3n) is 8.05. The molecule has 0 saturated heterocycles. The first-order valence-electron chi connectivity index (χ1n) is 9.20. The van der Waals surface area contributed by atoms with Crippen LogP contribution in [0, 0.1) is 23.7 Å². The number of rotatable bonds is 1. The molecule has 0 aromatic heterocycles. The van der Waals surface area contributed by atoms with E-state index in [2.05, 4.69) is 0 Å². The standard InChI is InChI=1S/C18H12Cl12/c19-9-10(20)16(26)8(4-13(9,23)17(16,27)28)5-1-2-6-7(3-5)15(25)12(22)11(21)14(6,24)18(15,29)30/h5-8H,1-4H2/t5-,6-,7+,8+,13+,14-,15-,16+/m1/s1. The summed E-state index contributed by atoms with van der Waals surface area (Å²) in [5, 5.41) is 0.802. The van der Waals surface area contributed by atoms with Crippen LogP contribution in [0.5, 0.6) is 0 Å². The van der Waals surface area contributed by atoms with E-state index in [-0.39, 0.29) is 43.8 Å². The molecule has 5 aliphatic carbocycles. The first-order chi connectivity index (χ1) is 13.6. The van der Waals surface area contributed by atoms with Gasteiger partial charge in [-0.15, -0.1) is 46.4 Å². The number of allylic oxidation sites excluding steroid dienone is 4. The zero-order valence-electron chi connectivity index (χ0n) is 14.7. The Balaban J connectivity index is 1.55. The number of hydrogen-bond acceptors (Lipinski definition) is 0. The highest BCUT2D eigenvalue weighted by Crippen LogP contribution is 2.80. The average Bonchev–Trinajstić information content (AvgIpc) is 3.03. The van der Waals surface area contributed by atoms with Crippen LogP contribution in [-0.2, 0) is 0 Å². The average molecular weight is 654 g/mol. The molecule has 0 unspecified atom stereocenters. The van der Waals surface area contributed by atoms with E-state index in [0.717, 1.165) is 6.42 Å². The predicted octanol–water partition coefficient (Wildman–Crippen LogP) is 9.72. The van der Waals surface area contributed by atoms with E-state index >= 15 is 0 Å². The molecule has 168 valence electrons. The molecule has 12 heteroatoms. The summed E-state index contributed by atoms with van der Waals surface area (Å²) in [6, 6.07) is 0. The van der Waals surface area contributed by atoms with Gasteiger partial charge in [-0.25, -0.2) is 0 Å². The van der Waals surface area contributed by atoms with Gasteiger partial charge in [0.05, 0.1) is 20.1 Å². The van der Waals surface area contributed by atoms with E-state index in [9.17, 15) is 0 Å². The molecule has 3 fully saturated rings. The Morgan fingerprint density at radius 3 is 1.50 bits per heavy atom. The highest BCUT2D eigenvalue weighted by Gasteiger charge is 2.84. The highest BCUT2D eigenvalue weighted by atomic mass is 35.5. The molecule has 0 aromatic carbocycles. The Labute approximate surface area is 234 Å². The monoisotopic (exact) mass is 648 g/mol. The fraction of sp³-hybridized carbons (Fsp3) is 0.778. The van der Waals surface area contributed by atoms with E-state index in [1.165, 1.54) is 0 Å². The second kappa shape index (κ2) is 6.83. The summed E-state index contributed by atoms with van der Waals surface area (Å²) >= 11 is 80.6. The molecule has 0 radical (unpaired) electrons. The van der Waals surface area contributed by atoms with Gasteiger partial charge < -0.3 is 0 Å². The van der Waals surface area contributed by atoms with Crippen LogP contribution in [0.3, 0.4) is 0 Å². The third-order valence-corrected chi connectivity index (χ3v) is 16.7. The Bertz CT molecular complexity index is 922. The van der Waals surface area contributed by atoms with Crippen molar-refractivity contribution in [3.63, 3.8) is 0 Å². The van der Waals surface area contributed by atoms with Crippen molar-refractivity contribution in [2.75, 3.05) is 0 Å².